The SMILES string of the molecule is O=C1C[C@@H](SC(=NCCc2ccccc2)Nc2ccc(Cl)cc2)C(=O)N1c1ccc(F)cc1. The molecule has 1 fully saturated rings. The molecule has 1 atom stereocenters. The minimum absolute atomic E-state index is 0.0425. The highest BCUT2D eigenvalue weighted by Crippen LogP contribution is 2.31. The number of nitrogens with one attached hydrogen (secondary N) is 1. The Bertz CT molecular complexity index is 1150. The van der Waals surface area contributed by atoms with Gasteiger partial charge in [0.1, 0.15) is 11.1 Å². The fraction of sp³-hybridized carbons (Fsp3) is 0.160. The molecule has 3 aromatic rings. The number of rotatable bonds is 6. The number of thioether (sulfide) groups is 1. The summed E-state index contributed by atoms with van der Waals surface area (Å²) in [5.41, 5.74) is 2.30. The van der Waals surface area contributed by atoms with Crippen molar-refractivity contribution in [3.05, 3.63) is 95.3 Å². The topological polar surface area (TPSA) is 61.8 Å². The Balaban J connectivity index is 1.50. The Morgan fingerprint density at radius 3 is 2.42 bits per heavy atom. The van der Waals surface area contributed by atoms with Gasteiger partial charge in [-0.25, -0.2) is 9.29 Å². The fourth-order valence-corrected chi connectivity index (χ4v) is 4.56. The predicted molar refractivity (Wildman–Crippen MR) is 132 cm³/mol. The molecule has 0 bridgehead atoms. The van der Waals surface area contributed by atoms with Crippen molar-refractivity contribution in [2.24, 2.45) is 4.99 Å². The van der Waals surface area contributed by atoms with Crippen LogP contribution < -0.4 is 10.2 Å². The van der Waals surface area contributed by atoms with Crippen molar-refractivity contribution in [1.82, 2.24) is 0 Å². The highest BCUT2D eigenvalue weighted by Gasteiger charge is 2.40. The molecular weight excluding hydrogens is 461 g/mol. The predicted octanol–water partition coefficient (Wildman–Crippen LogP) is 5.56. The van der Waals surface area contributed by atoms with Crippen LogP contribution in [0.2, 0.25) is 5.02 Å². The number of imide groups is 1. The molecule has 0 aromatic heterocycles. The lowest BCUT2D eigenvalue weighted by atomic mass is 10.2. The molecule has 3 aromatic carbocycles. The third-order valence-electron chi connectivity index (χ3n) is 5.04. The van der Waals surface area contributed by atoms with Gasteiger partial charge < -0.3 is 5.32 Å². The summed E-state index contributed by atoms with van der Waals surface area (Å²) in [6.07, 6.45) is 0.785. The van der Waals surface area contributed by atoms with E-state index in [1.807, 2.05) is 42.5 Å². The number of carbonyl (C=O) groups is 2. The van der Waals surface area contributed by atoms with Crippen molar-refractivity contribution in [2.45, 2.75) is 18.1 Å². The quantitative estimate of drug-likeness (QED) is 0.284. The minimum Gasteiger partial charge on any atom is -0.335 e. The molecule has 1 saturated heterocycles. The lowest BCUT2D eigenvalue weighted by molar-refractivity contribution is -0.121. The van der Waals surface area contributed by atoms with E-state index >= 15 is 0 Å². The van der Waals surface area contributed by atoms with Gasteiger partial charge in [0.25, 0.3) is 0 Å². The number of halogens is 2. The molecule has 1 aliphatic heterocycles. The van der Waals surface area contributed by atoms with E-state index in [0.29, 0.717) is 22.4 Å². The number of hydrogen-bond donors (Lipinski definition) is 1. The van der Waals surface area contributed by atoms with Crippen LogP contribution in [0.4, 0.5) is 15.8 Å². The van der Waals surface area contributed by atoms with Crippen molar-refractivity contribution in [3.8, 4) is 0 Å². The fourth-order valence-electron chi connectivity index (χ4n) is 3.39. The lowest BCUT2D eigenvalue weighted by Crippen LogP contribution is -2.31. The molecule has 0 saturated carbocycles. The van der Waals surface area contributed by atoms with E-state index in [9.17, 15) is 14.0 Å². The van der Waals surface area contributed by atoms with E-state index in [1.165, 1.54) is 36.0 Å². The average Bonchev–Trinajstić information content (AvgIpc) is 3.09. The first-order valence-corrected chi connectivity index (χ1v) is 11.7. The van der Waals surface area contributed by atoms with Crippen LogP contribution in [0.3, 0.4) is 0 Å². The maximum absolute atomic E-state index is 13.3. The van der Waals surface area contributed by atoms with Gasteiger partial charge in [-0.05, 0) is 60.5 Å². The second kappa shape index (κ2) is 10.6. The van der Waals surface area contributed by atoms with Crippen LogP contribution in [0.25, 0.3) is 0 Å². The van der Waals surface area contributed by atoms with Gasteiger partial charge in [-0.1, -0.05) is 53.7 Å². The van der Waals surface area contributed by atoms with Crippen LogP contribution >= 0.6 is 23.4 Å². The zero-order valence-electron chi connectivity index (χ0n) is 17.6. The van der Waals surface area contributed by atoms with Crippen molar-refractivity contribution < 1.29 is 14.0 Å². The number of benzene rings is 3. The van der Waals surface area contributed by atoms with Gasteiger partial charge in [0, 0.05) is 23.7 Å². The van der Waals surface area contributed by atoms with E-state index in [4.69, 9.17) is 11.6 Å². The number of hydrogen-bond acceptors (Lipinski definition) is 4. The number of amidine groups is 1. The summed E-state index contributed by atoms with van der Waals surface area (Å²) < 4.78 is 13.3. The highest BCUT2D eigenvalue weighted by molar-refractivity contribution is 8.15. The second-order valence-electron chi connectivity index (χ2n) is 7.41. The number of nitrogens with zero attached hydrogens (tertiary/aromatic N) is 2. The van der Waals surface area contributed by atoms with Gasteiger partial charge >= 0.3 is 0 Å². The van der Waals surface area contributed by atoms with Gasteiger partial charge in [-0.2, -0.15) is 0 Å². The minimum atomic E-state index is -0.627. The van der Waals surface area contributed by atoms with E-state index in [0.717, 1.165) is 22.6 Å². The van der Waals surface area contributed by atoms with E-state index < -0.39 is 11.1 Å². The maximum atomic E-state index is 13.3. The first kappa shape index (κ1) is 23.0. The van der Waals surface area contributed by atoms with Gasteiger partial charge in [-0.3, -0.25) is 14.6 Å². The summed E-state index contributed by atoms with van der Waals surface area (Å²) in [4.78, 5) is 31.4. The van der Waals surface area contributed by atoms with Gasteiger partial charge in [0.2, 0.25) is 11.8 Å². The standard InChI is InChI=1S/C25H21ClFN3O2S/c26-18-6-10-20(11-7-18)29-25(28-15-14-17-4-2-1-3-5-17)33-22-16-23(31)30(24(22)32)21-12-8-19(27)9-13-21/h1-13,22H,14-16H2,(H,28,29)/t22-/m1/s1. The average molecular weight is 482 g/mol. The first-order chi connectivity index (χ1) is 16.0. The molecule has 4 rings (SSSR count). The zero-order valence-corrected chi connectivity index (χ0v) is 19.2. The zero-order chi connectivity index (χ0) is 23.2. The maximum Gasteiger partial charge on any atom is 0.247 e. The van der Waals surface area contributed by atoms with Crippen LogP contribution in [0, 0.1) is 5.82 Å². The normalized spacial score (nSPS) is 16.4. The van der Waals surface area contributed by atoms with Gasteiger partial charge in [0.15, 0.2) is 5.17 Å². The van der Waals surface area contributed by atoms with Crippen molar-refractivity contribution in [3.63, 3.8) is 0 Å². The Morgan fingerprint density at radius 1 is 1.03 bits per heavy atom. The molecule has 168 valence electrons. The smallest absolute Gasteiger partial charge is 0.247 e. The number of anilines is 2. The van der Waals surface area contributed by atoms with Crippen molar-refractivity contribution in [1.29, 1.82) is 0 Å². The van der Waals surface area contributed by atoms with Crippen LogP contribution in [0.1, 0.15) is 12.0 Å². The summed E-state index contributed by atoms with van der Waals surface area (Å²) in [5.74, 6) is -1.09. The van der Waals surface area contributed by atoms with E-state index in [2.05, 4.69) is 10.3 Å². The summed E-state index contributed by atoms with van der Waals surface area (Å²) >= 11 is 7.20. The third-order valence-corrected chi connectivity index (χ3v) is 6.40. The summed E-state index contributed by atoms with van der Waals surface area (Å²) in [7, 11) is 0. The van der Waals surface area contributed by atoms with Crippen molar-refractivity contribution >= 4 is 51.7 Å². The molecule has 0 spiro atoms. The Labute approximate surface area is 200 Å². The molecule has 8 heteroatoms. The van der Waals surface area contributed by atoms with E-state index in [-0.39, 0.29) is 18.2 Å². The number of aliphatic imine (C=N–C) groups is 1. The Hall–Kier alpha value is -3.16. The monoisotopic (exact) mass is 481 g/mol. The largest absolute Gasteiger partial charge is 0.335 e. The molecule has 0 aliphatic carbocycles. The van der Waals surface area contributed by atoms with Gasteiger partial charge in [-0.15, -0.1) is 0 Å². The molecule has 1 heterocycles. The van der Waals surface area contributed by atoms with Crippen LogP contribution in [-0.4, -0.2) is 28.8 Å². The van der Waals surface area contributed by atoms with Crippen LogP contribution in [-0.2, 0) is 16.0 Å². The van der Waals surface area contributed by atoms with Crippen molar-refractivity contribution in [2.75, 3.05) is 16.8 Å². The van der Waals surface area contributed by atoms with E-state index in [1.54, 1.807) is 12.1 Å². The van der Waals surface area contributed by atoms with Crippen LogP contribution in [0.5, 0.6) is 0 Å². The second-order valence-corrected chi connectivity index (χ2v) is 9.04. The molecule has 1 N–H and O–H groups in total. The van der Waals surface area contributed by atoms with Gasteiger partial charge in [0.05, 0.1) is 5.69 Å². The number of carbonyl (C=O) groups excluding carboxylic acids is 2. The first-order valence-electron chi connectivity index (χ1n) is 10.4. The summed E-state index contributed by atoms with van der Waals surface area (Å²) in [6.45, 7) is 0.517. The molecule has 0 radical (unpaired) electrons. The Morgan fingerprint density at radius 2 is 1.73 bits per heavy atom. The number of amides is 2. The molecule has 1 aliphatic rings. The molecule has 5 nitrogen and oxygen atoms in total. The molecule has 33 heavy (non-hydrogen) atoms. The summed E-state index contributed by atoms with van der Waals surface area (Å²) in [5, 5.41) is 3.77. The Kier molecular flexibility index (Phi) is 7.42. The molecule has 0 unspecified atom stereocenters. The highest BCUT2D eigenvalue weighted by atomic mass is 35.5. The molecular formula is C25H21ClFN3O2S. The van der Waals surface area contributed by atoms with Crippen LogP contribution in [0.15, 0.2) is 83.9 Å². The molecule has 2 amide bonds. The third kappa shape index (κ3) is 6.00. The summed E-state index contributed by atoms with van der Waals surface area (Å²) in [6, 6.07) is 22.5. The lowest BCUT2D eigenvalue weighted by Gasteiger charge is -2.16.